The highest BCUT2D eigenvalue weighted by Crippen LogP contribution is 2.38. The minimum atomic E-state index is -3.38. The van der Waals surface area contributed by atoms with Crippen LogP contribution in [-0.2, 0) is 23.0 Å². The number of hydrogen-bond acceptors (Lipinski definition) is 4. The maximum Gasteiger partial charge on any atom is 0.260 e. The number of sulfonamides is 1. The van der Waals surface area contributed by atoms with E-state index in [1.807, 2.05) is 4.57 Å². The van der Waals surface area contributed by atoms with Crippen molar-refractivity contribution >= 4 is 10.0 Å². The lowest BCUT2D eigenvalue weighted by molar-refractivity contribution is 0.337. The van der Waals surface area contributed by atoms with Crippen LogP contribution in [0.2, 0.25) is 0 Å². The van der Waals surface area contributed by atoms with E-state index in [0.717, 1.165) is 51.1 Å². The van der Waals surface area contributed by atoms with E-state index in [1.165, 1.54) is 0 Å². The van der Waals surface area contributed by atoms with Crippen LogP contribution >= 0.6 is 0 Å². The Morgan fingerprint density at radius 1 is 1.30 bits per heavy atom. The van der Waals surface area contributed by atoms with Gasteiger partial charge in [0.15, 0.2) is 5.03 Å². The lowest BCUT2D eigenvalue weighted by atomic mass is 9.87. The molecule has 1 spiro atoms. The summed E-state index contributed by atoms with van der Waals surface area (Å²) in [6, 6.07) is 0. The van der Waals surface area contributed by atoms with Crippen LogP contribution in [0.1, 0.15) is 25.1 Å². The summed E-state index contributed by atoms with van der Waals surface area (Å²) >= 11 is 0. The molecule has 4 heterocycles. The van der Waals surface area contributed by atoms with Crippen molar-refractivity contribution in [1.82, 2.24) is 19.2 Å². The number of imidazole rings is 1. The molecule has 4 rings (SSSR count). The van der Waals surface area contributed by atoms with Gasteiger partial charge in [-0.05, 0) is 31.2 Å². The lowest BCUT2D eigenvalue weighted by Crippen LogP contribution is -2.34. The Hall–Kier alpha value is -0.920. The quantitative estimate of drug-likeness (QED) is 0.847. The summed E-state index contributed by atoms with van der Waals surface area (Å²) in [4.78, 5) is 4.27. The van der Waals surface area contributed by atoms with Gasteiger partial charge >= 0.3 is 0 Å². The zero-order valence-electron chi connectivity index (χ0n) is 11.5. The molecule has 1 aromatic rings. The van der Waals surface area contributed by atoms with Gasteiger partial charge in [-0.25, -0.2) is 13.4 Å². The number of aromatic nitrogens is 2. The molecular weight excluding hydrogens is 276 g/mol. The smallest absolute Gasteiger partial charge is 0.260 e. The SMILES string of the molecule is O=S(=O)(c1cnc2n1CCC2)N1CCC2(CCNC2)C1. The van der Waals surface area contributed by atoms with Crippen molar-refractivity contribution in [2.45, 2.75) is 37.3 Å². The van der Waals surface area contributed by atoms with Gasteiger partial charge in [-0.2, -0.15) is 4.31 Å². The highest BCUT2D eigenvalue weighted by Gasteiger charge is 2.45. The molecule has 0 amide bonds. The Labute approximate surface area is 119 Å². The molecule has 1 atom stereocenters. The molecule has 0 aliphatic carbocycles. The van der Waals surface area contributed by atoms with Gasteiger partial charge in [0.1, 0.15) is 5.82 Å². The molecule has 7 heteroatoms. The van der Waals surface area contributed by atoms with Gasteiger partial charge in [-0.1, -0.05) is 0 Å². The van der Waals surface area contributed by atoms with Crippen molar-refractivity contribution in [2.24, 2.45) is 5.41 Å². The van der Waals surface area contributed by atoms with Crippen molar-refractivity contribution in [1.29, 1.82) is 0 Å². The molecule has 20 heavy (non-hydrogen) atoms. The minimum absolute atomic E-state index is 0.168. The average Bonchev–Trinajstić information content (AvgIpc) is 3.14. The van der Waals surface area contributed by atoms with Gasteiger partial charge in [0.05, 0.1) is 6.20 Å². The molecule has 1 unspecified atom stereocenters. The Morgan fingerprint density at radius 2 is 2.20 bits per heavy atom. The normalized spacial score (nSPS) is 30.4. The maximum atomic E-state index is 12.8. The average molecular weight is 296 g/mol. The van der Waals surface area contributed by atoms with Crippen LogP contribution < -0.4 is 5.32 Å². The van der Waals surface area contributed by atoms with Gasteiger partial charge in [-0.15, -0.1) is 0 Å². The number of nitrogens with zero attached hydrogens (tertiary/aromatic N) is 3. The van der Waals surface area contributed by atoms with Crippen molar-refractivity contribution in [3.05, 3.63) is 12.0 Å². The lowest BCUT2D eigenvalue weighted by Gasteiger charge is -2.22. The van der Waals surface area contributed by atoms with E-state index in [2.05, 4.69) is 10.3 Å². The highest BCUT2D eigenvalue weighted by molar-refractivity contribution is 7.89. The van der Waals surface area contributed by atoms with Crippen molar-refractivity contribution in [3.63, 3.8) is 0 Å². The fourth-order valence-electron chi connectivity index (χ4n) is 3.81. The second kappa shape index (κ2) is 4.29. The third-order valence-corrected chi connectivity index (χ3v) is 6.87. The van der Waals surface area contributed by atoms with Gasteiger partial charge in [0.25, 0.3) is 10.0 Å². The van der Waals surface area contributed by atoms with Crippen molar-refractivity contribution in [2.75, 3.05) is 26.2 Å². The third-order valence-electron chi connectivity index (χ3n) is 5.02. The first kappa shape index (κ1) is 12.8. The number of aryl methyl sites for hydroxylation is 1. The van der Waals surface area contributed by atoms with Gasteiger partial charge in [0.2, 0.25) is 0 Å². The van der Waals surface area contributed by atoms with Gasteiger partial charge in [0, 0.05) is 32.6 Å². The molecule has 1 N–H and O–H groups in total. The molecule has 6 nitrogen and oxygen atoms in total. The first-order chi connectivity index (χ1) is 9.61. The van der Waals surface area contributed by atoms with E-state index in [1.54, 1.807) is 10.5 Å². The Bertz CT molecular complexity index is 631. The van der Waals surface area contributed by atoms with Crippen LogP contribution in [-0.4, -0.2) is 48.5 Å². The second-order valence-electron chi connectivity index (χ2n) is 6.28. The Kier molecular flexibility index (Phi) is 2.74. The van der Waals surface area contributed by atoms with E-state index < -0.39 is 10.0 Å². The predicted octanol–water partition coefficient (Wildman–Crippen LogP) is 0.203. The summed E-state index contributed by atoms with van der Waals surface area (Å²) in [5, 5.41) is 3.76. The third kappa shape index (κ3) is 1.76. The fraction of sp³-hybridized carbons (Fsp3) is 0.769. The molecule has 110 valence electrons. The zero-order chi connectivity index (χ0) is 13.8. The van der Waals surface area contributed by atoms with Crippen LogP contribution in [0.4, 0.5) is 0 Å². The second-order valence-corrected chi connectivity index (χ2v) is 8.17. The van der Waals surface area contributed by atoms with Gasteiger partial charge < -0.3 is 9.88 Å². The monoisotopic (exact) mass is 296 g/mol. The van der Waals surface area contributed by atoms with Crippen LogP contribution in [0.15, 0.2) is 11.2 Å². The fourth-order valence-corrected chi connectivity index (χ4v) is 5.51. The summed E-state index contributed by atoms with van der Waals surface area (Å²) in [6.07, 6.45) is 5.49. The van der Waals surface area contributed by atoms with Crippen LogP contribution in [0.5, 0.6) is 0 Å². The Morgan fingerprint density at radius 3 is 3.00 bits per heavy atom. The standard InChI is InChI=1S/C13H20N4O2S/c18-20(19,12-8-15-11-2-1-6-17(11)12)16-7-4-13(10-16)3-5-14-9-13/h8,14H,1-7,9-10H2. The molecule has 1 aromatic heterocycles. The zero-order valence-corrected chi connectivity index (χ0v) is 12.3. The van der Waals surface area contributed by atoms with E-state index in [4.69, 9.17) is 0 Å². The summed E-state index contributed by atoms with van der Waals surface area (Å²) in [5.74, 6) is 0.917. The summed E-state index contributed by atoms with van der Waals surface area (Å²) in [7, 11) is -3.38. The maximum absolute atomic E-state index is 12.8. The predicted molar refractivity (Wildman–Crippen MR) is 73.8 cm³/mol. The van der Waals surface area contributed by atoms with Crippen LogP contribution in [0, 0.1) is 5.41 Å². The molecule has 3 aliphatic rings. The van der Waals surface area contributed by atoms with E-state index in [9.17, 15) is 8.42 Å². The number of rotatable bonds is 2. The van der Waals surface area contributed by atoms with E-state index in [-0.39, 0.29) is 5.41 Å². The molecule has 0 bridgehead atoms. The molecule has 2 saturated heterocycles. The largest absolute Gasteiger partial charge is 0.318 e. The van der Waals surface area contributed by atoms with Gasteiger partial charge in [-0.3, -0.25) is 0 Å². The topological polar surface area (TPSA) is 67.2 Å². The molecule has 2 fully saturated rings. The number of hydrogen-bond donors (Lipinski definition) is 1. The first-order valence-electron chi connectivity index (χ1n) is 7.36. The summed E-state index contributed by atoms with van der Waals surface area (Å²) in [5.41, 5.74) is 0.168. The molecule has 3 aliphatic heterocycles. The van der Waals surface area contributed by atoms with E-state index in [0.29, 0.717) is 18.1 Å². The van der Waals surface area contributed by atoms with Crippen LogP contribution in [0.3, 0.4) is 0 Å². The highest BCUT2D eigenvalue weighted by atomic mass is 32.2. The number of nitrogens with one attached hydrogen (secondary N) is 1. The molecule has 0 radical (unpaired) electrons. The first-order valence-corrected chi connectivity index (χ1v) is 8.80. The Balaban J connectivity index is 1.64. The molecule has 0 aromatic carbocycles. The molecule has 0 saturated carbocycles. The molecular formula is C13H20N4O2S. The van der Waals surface area contributed by atoms with Crippen molar-refractivity contribution < 1.29 is 8.42 Å². The summed E-state index contributed by atoms with van der Waals surface area (Å²) < 4.78 is 29.2. The number of fused-ring (bicyclic) bond motifs is 1. The van der Waals surface area contributed by atoms with Crippen LogP contribution in [0.25, 0.3) is 0 Å². The minimum Gasteiger partial charge on any atom is -0.318 e. The summed E-state index contributed by atoms with van der Waals surface area (Å²) in [6.45, 7) is 4.04. The van der Waals surface area contributed by atoms with E-state index >= 15 is 0 Å². The van der Waals surface area contributed by atoms with Crippen molar-refractivity contribution in [3.8, 4) is 0 Å².